The van der Waals surface area contributed by atoms with Gasteiger partial charge in [-0.05, 0) is 52.8 Å². The molecule has 0 radical (unpaired) electrons. The summed E-state index contributed by atoms with van der Waals surface area (Å²) in [6.07, 6.45) is 1.25. The minimum absolute atomic E-state index is 0.156. The highest BCUT2D eigenvalue weighted by Gasteiger charge is 2.17. The summed E-state index contributed by atoms with van der Waals surface area (Å²) in [6, 6.07) is 3.41. The normalized spacial score (nSPS) is 18.9. The van der Waals surface area contributed by atoms with Crippen LogP contribution in [-0.4, -0.2) is 23.0 Å². The molecule has 1 aromatic rings. The Hall–Kier alpha value is -0.750. The van der Waals surface area contributed by atoms with Crippen molar-refractivity contribution in [3.8, 4) is 0 Å². The molecule has 4 nitrogen and oxygen atoms in total. The molecule has 0 saturated carbocycles. The Bertz CT molecular complexity index is 462. The van der Waals surface area contributed by atoms with Crippen molar-refractivity contribution in [2.24, 2.45) is 5.92 Å². The van der Waals surface area contributed by atoms with E-state index < -0.39 is 0 Å². The van der Waals surface area contributed by atoms with E-state index in [-0.39, 0.29) is 10.6 Å². The third kappa shape index (κ3) is 3.17. The Kier molecular flexibility index (Phi) is 4.50. The highest BCUT2D eigenvalue weighted by atomic mass is 79.9. The largest absolute Gasteiger partial charge is 0.384 e. The third-order valence-electron chi connectivity index (χ3n) is 3.09. The Balaban J connectivity index is 2.08. The van der Waals surface area contributed by atoms with Gasteiger partial charge in [-0.1, -0.05) is 0 Å². The second-order valence-corrected chi connectivity index (χ2v) is 6.49. The van der Waals surface area contributed by atoms with Crippen LogP contribution >= 0.6 is 27.7 Å². The van der Waals surface area contributed by atoms with Gasteiger partial charge in [0.15, 0.2) is 0 Å². The molecular weight excluding hydrogens is 316 g/mol. The molecule has 1 fully saturated rings. The molecule has 0 bridgehead atoms. The Morgan fingerprint density at radius 2 is 2.39 bits per heavy atom. The van der Waals surface area contributed by atoms with Crippen LogP contribution in [-0.2, 0) is 0 Å². The monoisotopic (exact) mass is 330 g/mol. The van der Waals surface area contributed by atoms with Gasteiger partial charge in [0.05, 0.1) is 4.92 Å². The minimum atomic E-state index is -0.350. The first kappa shape index (κ1) is 13.7. The number of anilines is 1. The summed E-state index contributed by atoms with van der Waals surface area (Å²) in [4.78, 5) is 10.5. The quantitative estimate of drug-likeness (QED) is 0.673. The highest BCUT2D eigenvalue weighted by Crippen LogP contribution is 2.31. The lowest BCUT2D eigenvalue weighted by Crippen LogP contribution is -2.13. The molecule has 0 aliphatic carbocycles. The molecule has 1 aliphatic rings. The number of nitro groups is 1. The number of rotatable bonds is 4. The van der Waals surface area contributed by atoms with Gasteiger partial charge in [-0.2, -0.15) is 11.8 Å². The van der Waals surface area contributed by atoms with Crippen LogP contribution in [0.2, 0.25) is 0 Å². The molecule has 1 atom stereocenters. The average molecular weight is 331 g/mol. The summed E-state index contributed by atoms with van der Waals surface area (Å²) in [5.74, 6) is 3.15. The fourth-order valence-corrected chi connectivity index (χ4v) is 3.76. The minimum Gasteiger partial charge on any atom is -0.384 e. The number of aryl methyl sites for hydroxylation is 1. The highest BCUT2D eigenvalue weighted by molar-refractivity contribution is 9.10. The van der Waals surface area contributed by atoms with Crippen LogP contribution in [0.25, 0.3) is 0 Å². The predicted molar refractivity (Wildman–Crippen MR) is 79.5 cm³/mol. The van der Waals surface area contributed by atoms with Crippen molar-refractivity contribution in [1.82, 2.24) is 0 Å². The smallest absolute Gasteiger partial charge is 0.273 e. The fraction of sp³-hybridized carbons (Fsp3) is 0.500. The van der Waals surface area contributed by atoms with Gasteiger partial charge in [0.1, 0.15) is 0 Å². The maximum absolute atomic E-state index is 10.8. The molecule has 1 aliphatic heterocycles. The Morgan fingerprint density at radius 3 is 3.00 bits per heavy atom. The van der Waals surface area contributed by atoms with Crippen LogP contribution < -0.4 is 5.32 Å². The standard InChI is InChI=1S/C12H15BrN2O2S/c1-8-4-11(10(13)5-12(8)15(16)17)14-6-9-2-3-18-7-9/h4-5,9,14H,2-3,6-7H2,1H3. The van der Waals surface area contributed by atoms with Crippen molar-refractivity contribution in [1.29, 1.82) is 0 Å². The summed E-state index contributed by atoms with van der Waals surface area (Å²) in [7, 11) is 0. The second-order valence-electron chi connectivity index (χ2n) is 4.49. The average Bonchev–Trinajstić information content (AvgIpc) is 2.82. The van der Waals surface area contributed by atoms with Crippen LogP contribution in [0.5, 0.6) is 0 Å². The zero-order valence-corrected chi connectivity index (χ0v) is 12.5. The third-order valence-corrected chi connectivity index (χ3v) is 4.98. The van der Waals surface area contributed by atoms with E-state index in [1.54, 1.807) is 13.0 Å². The fourth-order valence-electron chi connectivity index (χ4n) is 2.00. The number of nitro benzene ring substituents is 1. The Labute approximate surface area is 119 Å². The topological polar surface area (TPSA) is 55.2 Å². The first-order valence-corrected chi connectivity index (χ1v) is 7.79. The van der Waals surface area contributed by atoms with Crippen molar-refractivity contribution in [3.05, 3.63) is 32.3 Å². The van der Waals surface area contributed by atoms with E-state index in [9.17, 15) is 10.1 Å². The van der Waals surface area contributed by atoms with E-state index in [0.29, 0.717) is 11.5 Å². The molecule has 1 unspecified atom stereocenters. The van der Waals surface area contributed by atoms with Gasteiger partial charge in [0.2, 0.25) is 0 Å². The zero-order chi connectivity index (χ0) is 13.1. The summed E-state index contributed by atoms with van der Waals surface area (Å²) in [6.45, 7) is 2.70. The van der Waals surface area contributed by atoms with Crippen molar-refractivity contribution in [2.45, 2.75) is 13.3 Å². The zero-order valence-electron chi connectivity index (χ0n) is 10.1. The summed E-state index contributed by atoms with van der Waals surface area (Å²) < 4.78 is 0.755. The van der Waals surface area contributed by atoms with Gasteiger partial charge in [0, 0.05) is 28.3 Å². The molecule has 0 spiro atoms. The lowest BCUT2D eigenvalue weighted by atomic mass is 10.1. The number of hydrogen-bond donors (Lipinski definition) is 1. The molecule has 0 amide bonds. The Morgan fingerprint density at radius 1 is 1.61 bits per heavy atom. The van der Waals surface area contributed by atoms with E-state index >= 15 is 0 Å². The number of nitrogens with one attached hydrogen (secondary N) is 1. The molecule has 0 aromatic heterocycles. The number of halogens is 1. The molecular formula is C12H15BrN2O2S. The van der Waals surface area contributed by atoms with Gasteiger partial charge < -0.3 is 5.32 Å². The van der Waals surface area contributed by atoms with E-state index in [1.807, 2.05) is 17.8 Å². The molecule has 1 saturated heterocycles. The van der Waals surface area contributed by atoms with Crippen LogP contribution in [0, 0.1) is 23.0 Å². The molecule has 6 heteroatoms. The van der Waals surface area contributed by atoms with Gasteiger partial charge in [-0.25, -0.2) is 0 Å². The van der Waals surface area contributed by atoms with Gasteiger partial charge in [-0.3, -0.25) is 10.1 Å². The number of nitrogens with zero attached hydrogens (tertiary/aromatic N) is 1. The lowest BCUT2D eigenvalue weighted by Gasteiger charge is -2.13. The SMILES string of the molecule is Cc1cc(NCC2CCSC2)c(Br)cc1[N+](=O)[O-]. The van der Waals surface area contributed by atoms with E-state index in [4.69, 9.17) is 0 Å². The summed E-state index contributed by atoms with van der Waals surface area (Å²) in [5, 5.41) is 14.2. The van der Waals surface area contributed by atoms with Gasteiger partial charge in [0.25, 0.3) is 5.69 Å². The molecule has 1 aromatic carbocycles. The number of hydrogen-bond acceptors (Lipinski definition) is 4. The van der Waals surface area contributed by atoms with Crippen LogP contribution in [0.15, 0.2) is 16.6 Å². The second kappa shape index (κ2) is 5.93. The van der Waals surface area contributed by atoms with Gasteiger partial charge in [-0.15, -0.1) is 0 Å². The van der Waals surface area contributed by atoms with Crippen molar-refractivity contribution >= 4 is 39.1 Å². The van der Waals surface area contributed by atoms with Crippen LogP contribution in [0.1, 0.15) is 12.0 Å². The summed E-state index contributed by atoms with van der Waals surface area (Å²) >= 11 is 5.38. The van der Waals surface area contributed by atoms with E-state index in [2.05, 4.69) is 21.2 Å². The molecule has 1 N–H and O–H groups in total. The molecule has 98 valence electrons. The van der Waals surface area contributed by atoms with E-state index in [0.717, 1.165) is 16.7 Å². The van der Waals surface area contributed by atoms with Crippen LogP contribution in [0.4, 0.5) is 11.4 Å². The van der Waals surface area contributed by atoms with Crippen molar-refractivity contribution in [3.63, 3.8) is 0 Å². The maximum atomic E-state index is 10.8. The molecule has 18 heavy (non-hydrogen) atoms. The first-order valence-electron chi connectivity index (χ1n) is 5.84. The van der Waals surface area contributed by atoms with Crippen molar-refractivity contribution in [2.75, 3.05) is 23.4 Å². The number of benzene rings is 1. The van der Waals surface area contributed by atoms with E-state index in [1.165, 1.54) is 17.9 Å². The van der Waals surface area contributed by atoms with Crippen LogP contribution in [0.3, 0.4) is 0 Å². The molecule has 1 heterocycles. The van der Waals surface area contributed by atoms with Crippen molar-refractivity contribution < 1.29 is 4.92 Å². The predicted octanol–water partition coefficient (Wildman–Crippen LogP) is 3.83. The lowest BCUT2D eigenvalue weighted by molar-refractivity contribution is -0.385. The number of thioether (sulfide) groups is 1. The summed E-state index contributed by atoms with van der Waals surface area (Å²) in [5.41, 5.74) is 1.78. The molecule has 2 rings (SSSR count). The first-order chi connectivity index (χ1) is 8.58. The maximum Gasteiger partial charge on any atom is 0.273 e. The van der Waals surface area contributed by atoms with Gasteiger partial charge >= 0.3 is 0 Å².